The Hall–Kier alpha value is -1.86. The highest BCUT2D eigenvalue weighted by Crippen LogP contribution is 2.21. The Morgan fingerprint density at radius 1 is 1.43 bits per heavy atom. The molecule has 0 atom stereocenters. The van der Waals surface area contributed by atoms with Crippen molar-refractivity contribution in [1.29, 1.82) is 0 Å². The Balaban J connectivity index is 1.59. The van der Waals surface area contributed by atoms with Crippen LogP contribution in [0, 0.1) is 6.92 Å². The number of aryl methyl sites for hydroxylation is 1. The van der Waals surface area contributed by atoms with Crippen molar-refractivity contribution in [2.45, 2.75) is 13.5 Å². The van der Waals surface area contributed by atoms with Crippen LogP contribution in [0.2, 0.25) is 0 Å². The quantitative estimate of drug-likeness (QED) is 0.932. The molecule has 1 saturated heterocycles. The predicted octanol–water partition coefficient (Wildman–Crippen LogP) is 2.06. The molecule has 6 nitrogen and oxygen atoms in total. The number of anilines is 1. The van der Waals surface area contributed by atoms with Crippen LogP contribution in [0.3, 0.4) is 0 Å². The fourth-order valence-electron chi connectivity index (χ4n) is 2.49. The fraction of sp³-hybridized carbons (Fsp3) is 0.429. The van der Waals surface area contributed by atoms with Crippen LogP contribution in [0.1, 0.15) is 21.9 Å². The van der Waals surface area contributed by atoms with Crippen molar-refractivity contribution < 1.29 is 14.3 Å². The topological polar surface area (TPSA) is 69.8 Å². The number of carboxylic acids is 1. The zero-order valence-electron chi connectivity index (χ0n) is 11.8. The molecule has 0 spiro atoms. The lowest BCUT2D eigenvalue weighted by Gasteiger charge is -2.34. The third-order valence-electron chi connectivity index (χ3n) is 3.69. The van der Waals surface area contributed by atoms with Gasteiger partial charge in [0.25, 0.3) is 0 Å². The van der Waals surface area contributed by atoms with E-state index in [1.165, 1.54) is 0 Å². The van der Waals surface area contributed by atoms with Gasteiger partial charge in [-0.05, 0) is 13.0 Å². The van der Waals surface area contributed by atoms with Gasteiger partial charge in [0.05, 0.1) is 0 Å². The van der Waals surface area contributed by atoms with E-state index in [9.17, 15) is 4.79 Å². The smallest absolute Gasteiger partial charge is 0.371 e. The number of furan rings is 1. The van der Waals surface area contributed by atoms with E-state index >= 15 is 0 Å². The predicted molar refractivity (Wildman–Crippen MR) is 80.0 cm³/mol. The van der Waals surface area contributed by atoms with Crippen molar-refractivity contribution in [3.05, 3.63) is 34.7 Å². The summed E-state index contributed by atoms with van der Waals surface area (Å²) < 4.78 is 5.25. The maximum atomic E-state index is 10.9. The van der Waals surface area contributed by atoms with Gasteiger partial charge in [-0.1, -0.05) is 0 Å². The van der Waals surface area contributed by atoms with E-state index in [-0.39, 0.29) is 5.76 Å². The number of piperazine rings is 1. The molecule has 21 heavy (non-hydrogen) atoms. The average Bonchev–Trinajstić information content (AvgIpc) is 3.10. The summed E-state index contributed by atoms with van der Waals surface area (Å²) in [7, 11) is 0. The van der Waals surface area contributed by atoms with Gasteiger partial charge in [-0.3, -0.25) is 4.90 Å². The normalized spacial score (nSPS) is 16.3. The van der Waals surface area contributed by atoms with Crippen molar-refractivity contribution in [3.8, 4) is 0 Å². The molecule has 0 radical (unpaired) electrons. The Morgan fingerprint density at radius 2 is 2.19 bits per heavy atom. The second-order valence-electron chi connectivity index (χ2n) is 5.08. The summed E-state index contributed by atoms with van der Waals surface area (Å²) in [5.41, 5.74) is 0.954. The summed E-state index contributed by atoms with van der Waals surface area (Å²) in [6.07, 6.45) is 1.83. The van der Waals surface area contributed by atoms with Gasteiger partial charge in [-0.15, -0.1) is 11.3 Å². The third-order valence-corrected chi connectivity index (χ3v) is 4.52. The molecule has 1 fully saturated rings. The van der Waals surface area contributed by atoms with Gasteiger partial charge in [0.15, 0.2) is 5.13 Å². The number of thiazole rings is 1. The Morgan fingerprint density at radius 3 is 2.76 bits per heavy atom. The number of aromatic carboxylic acids is 1. The van der Waals surface area contributed by atoms with E-state index in [4.69, 9.17) is 9.52 Å². The van der Waals surface area contributed by atoms with Gasteiger partial charge in [-0.2, -0.15) is 0 Å². The summed E-state index contributed by atoms with van der Waals surface area (Å²) in [4.78, 5) is 19.8. The molecule has 0 saturated carbocycles. The lowest BCUT2D eigenvalue weighted by Crippen LogP contribution is -2.45. The summed E-state index contributed by atoms with van der Waals surface area (Å²) in [6.45, 7) is 6.30. The van der Waals surface area contributed by atoms with E-state index in [0.717, 1.165) is 43.4 Å². The Bertz CT molecular complexity index is 615. The monoisotopic (exact) mass is 307 g/mol. The fourth-order valence-corrected chi connectivity index (χ4v) is 3.19. The first-order valence-electron chi connectivity index (χ1n) is 6.83. The van der Waals surface area contributed by atoms with Crippen LogP contribution in [0.4, 0.5) is 5.13 Å². The molecule has 2 aromatic heterocycles. The Labute approximate surface area is 126 Å². The number of carboxylic acid groups (broad SMARTS) is 1. The van der Waals surface area contributed by atoms with Crippen LogP contribution in [0.25, 0.3) is 0 Å². The summed E-state index contributed by atoms with van der Waals surface area (Å²) in [6, 6.07) is 1.63. The highest BCUT2D eigenvalue weighted by molar-refractivity contribution is 7.13. The molecule has 3 heterocycles. The Kier molecular flexibility index (Phi) is 3.94. The molecule has 2 aromatic rings. The van der Waals surface area contributed by atoms with Crippen LogP contribution < -0.4 is 4.90 Å². The number of aromatic nitrogens is 1. The molecule has 7 heteroatoms. The summed E-state index contributed by atoms with van der Waals surface area (Å²) in [5.74, 6) is -0.309. The highest BCUT2D eigenvalue weighted by Gasteiger charge is 2.21. The maximum absolute atomic E-state index is 10.9. The lowest BCUT2D eigenvalue weighted by molar-refractivity contribution is 0.0661. The number of hydrogen-bond acceptors (Lipinski definition) is 6. The first kappa shape index (κ1) is 14.1. The molecular formula is C14H17N3O3S. The SMILES string of the molecule is Cc1oc(C(=O)O)cc1CN1CCN(c2nccs2)CC1. The van der Waals surface area contributed by atoms with E-state index < -0.39 is 5.97 Å². The maximum Gasteiger partial charge on any atom is 0.371 e. The molecule has 1 N–H and O–H groups in total. The standard InChI is InChI=1S/C14H17N3O3S/c1-10-11(8-12(20-10)13(18)19)9-16-3-5-17(6-4-16)14-15-2-7-21-14/h2,7-8H,3-6,9H2,1H3,(H,18,19). The second-order valence-corrected chi connectivity index (χ2v) is 5.95. The zero-order valence-corrected chi connectivity index (χ0v) is 12.6. The molecule has 1 aliphatic heterocycles. The number of rotatable bonds is 4. The first-order valence-corrected chi connectivity index (χ1v) is 7.71. The van der Waals surface area contributed by atoms with E-state index in [2.05, 4.69) is 14.8 Å². The van der Waals surface area contributed by atoms with Crippen LogP contribution >= 0.6 is 11.3 Å². The van der Waals surface area contributed by atoms with Crippen molar-refractivity contribution in [2.24, 2.45) is 0 Å². The molecule has 0 aliphatic carbocycles. The van der Waals surface area contributed by atoms with Gasteiger partial charge in [-0.25, -0.2) is 9.78 Å². The lowest BCUT2D eigenvalue weighted by atomic mass is 10.2. The third kappa shape index (κ3) is 3.08. The van der Waals surface area contributed by atoms with Crippen LogP contribution in [0.15, 0.2) is 22.1 Å². The van der Waals surface area contributed by atoms with Crippen molar-refractivity contribution in [2.75, 3.05) is 31.1 Å². The van der Waals surface area contributed by atoms with Crippen LogP contribution in [-0.4, -0.2) is 47.1 Å². The molecule has 3 rings (SSSR count). The number of nitrogens with zero attached hydrogens (tertiary/aromatic N) is 3. The minimum Gasteiger partial charge on any atom is -0.475 e. The minimum absolute atomic E-state index is 0.0175. The molecule has 0 unspecified atom stereocenters. The molecule has 0 amide bonds. The van der Waals surface area contributed by atoms with Gasteiger partial charge in [0.1, 0.15) is 5.76 Å². The average molecular weight is 307 g/mol. The van der Waals surface area contributed by atoms with Crippen molar-refractivity contribution in [3.63, 3.8) is 0 Å². The van der Waals surface area contributed by atoms with Crippen LogP contribution in [0.5, 0.6) is 0 Å². The first-order chi connectivity index (χ1) is 10.1. The second kappa shape index (κ2) is 5.87. The zero-order chi connectivity index (χ0) is 14.8. The largest absolute Gasteiger partial charge is 0.475 e. The molecule has 112 valence electrons. The van der Waals surface area contributed by atoms with E-state index in [1.807, 2.05) is 18.5 Å². The van der Waals surface area contributed by atoms with Crippen LogP contribution in [-0.2, 0) is 6.54 Å². The molecule has 1 aliphatic rings. The van der Waals surface area contributed by atoms with Gasteiger partial charge >= 0.3 is 5.97 Å². The molecule has 0 bridgehead atoms. The van der Waals surface area contributed by atoms with Crippen molar-refractivity contribution >= 4 is 22.4 Å². The summed E-state index contributed by atoms with van der Waals surface area (Å²) >= 11 is 1.66. The van der Waals surface area contributed by atoms with E-state index in [1.54, 1.807) is 17.4 Å². The summed E-state index contributed by atoms with van der Waals surface area (Å²) in [5, 5.41) is 12.0. The molecular weight excluding hydrogens is 290 g/mol. The van der Waals surface area contributed by atoms with Gasteiger partial charge in [0.2, 0.25) is 5.76 Å². The number of hydrogen-bond donors (Lipinski definition) is 1. The van der Waals surface area contributed by atoms with Gasteiger partial charge in [0, 0.05) is 49.9 Å². The van der Waals surface area contributed by atoms with Gasteiger partial charge < -0.3 is 14.4 Å². The number of carbonyl (C=O) groups is 1. The van der Waals surface area contributed by atoms with E-state index in [0.29, 0.717) is 5.76 Å². The highest BCUT2D eigenvalue weighted by atomic mass is 32.1. The minimum atomic E-state index is -1.02. The molecule has 0 aromatic carbocycles. The van der Waals surface area contributed by atoms with Crippen molar-refractivity contribution in [1.82, 2.24) is 9.88 Å².